The molecule has 2 atom stereocenters. The highest BCUT2D eigenvalue weighted by Crippen LogP contribution is 2.31. The van der Waals surface area contributed by atoms with Crippen LogP contribution < -0.4 is 10.2 Å². The van der Waals surface area contributed by atoms with Crippen LogP contribution in [0, 0.1) is 18.8 Å². The van der Waals surface area contributed by atoms with Crippen molar-refractivity contribution in [3.63, 3.8) is 0 Å². The number of likely N-dealkylation sites (tertiary alicyclic amines) is 1. The molecule has 2 aromatic heterocycles. The molecule has 0 aromatic carbocycles. The molecule has 2 amide bonds. The first-order chi connectivity index (χ1) is 15.4. The van der Waals surface area contributed by atoms with Crippen molar-refractivity contribution in [2.45, 2.75) is 59.3 Å². The largest absolute Gasteiger partial charge is 0.356 e. The van der Waals surface area contributed by atoms with Crippen LogP contribution in [-0.4, -0.2) is 64.6 Å². The van der Waals surface area contributed by atoms with Crippen molar-refractivity contribution >= 4 is 28.7 Å². The molecule has 1 N–H and O–H groups in total. The standard InChI is InChI=1S/C23H34N6O3/c1-15-12-16(2)14-29(13-15)22-21-17(3)27-32-23(21)26-18(25-22)7-8-19(30)24-9-5-11-28-10-4-6-20(28)31/h15-16H,4-14H2,1-3H3,(H,24,30). The van der Waals surface area contributed by atoms with Crippen molar-refractivity contribution in [2.75, 3.05) is 37.6 Å². The van der Waals surface area contributed by atoms with E-state index >= 15 is 0 Å². The van der Waals surface area contributed by atoms with Gasteiger partial charge in [-0.15, -0.1) is 0 Å². The molecular weight excluding hydrogens is 408 g/mol. The van der Waals surface area contributed by atoms with Crippen LogP contribution in [-0.2, 0) is 16.0 Å². The number of amides is 2. The van der Waals surface area contributed by atoms with E-state index in [-0.39, 0.29) is 11.8 Å². The Morgan fingerprint density at radius 1 is 1.22 bits per heavy atom. The van der Waals surface area contributed by atoms with Crippen molar-refractivity contribution in [2.24, 2.45) is 11.8 Å². The lowest BCUT2D eigenvalue weighted by molar-refractivity contribution is -0.127. The second-order valence-corrected chi connectivity index (χ2v) is 9.45. The molecule has 174 valence electrons. The van der Waals surface area contributed by atoms with Gasteiger partial charge in [0, 0.05) is 52.0 Å². The second kappa shape index (κ2) is 9.83. The minimum atomic E-state index is -0.0306. The van der Waals surface area contributed by atoms with E-state index in [1.54, 1.807) is 0 Å². The molecule has 9 heteroatoms. The first-order valence-electron chi connectivity index (χ1n) is 11.8. The SMILES string of the molecule is Cc1noc2nc(CCC(=O)NCCCN3CCCC3=O)nc(N3CC(C)CC(C)C3)c12. The third-order valence-electron chi connectivity index (χ3n) is 6.38. The van der Waals surface area contributed by atoms with Gasteiger partial charge in [-0.05, 0) is 38.0 Å². The molecule has 32 heavy (non-hydrogen) atoms. The molecule has 0 saturated carbocycles. The lowest BCUT2D eigenvalue weighted by Crippen LogP contribution is -2.39. The number of carbonyl (C=O) groups is 2. The van der Waals surface area contributed by atoms with Crippen molar-refractivity contribution in [1.82, 2.24) is 25.3 Å². The topological polar surface area (TPSA) is 104 Å². The van der Waals surface area contributed by atoms with E-state index < -0.39 is 0 Å². The molecule has 2 aliphatic heterocycles. The third-order valence-corrected chi connectivity index (χ3v) is 6.38. The van der Waals surface area contributed by atoms with E-state index in [1.165, 1.54) is 6.42 Å². The summed E-state index contributed by atoms with van der Waals surface area (Å²) in [7, 11) is 0. The number of anilines is 1. The van der Waals surface area contributed by atoms with Gasteiger partial charge in [-0.1, -0.05) is 19.0 Å². The number of nitrogens with one attached hydrogen (secondary N) is 1. The zero-order valence-electron chi connectivity index (χ0n) is 19.4. The summed E-state index contributed by atoms with van der Waals surface area (Å²) < 4.78 is 5.46. The van der Waals surface area contributed by atoms with Gasteiger partial charge in [0.25, 0.3) is 5.71 Å². The van der Waals surface area contributed by atoms with Gasteiger partial charge < -0.3 is 19.6 Å². The van der Waals surface area contributed by atoms with Crippen LogP contribution in [0.2, 0.25) is 0 Å². The summed E-state index contributed by atoms with van der Waals surface area (Å²) in [4.78, 5) is 37.5. The van der Waals surface area contributed by atoms with Crippen LogP contribution in [0.15, 0.2) is 4.52 Å². The molecule has 0 bridgehead atoms. The smallest absolute Gasteiger partial charge is 0.263 e. The number of hydrogen-bond donors (Lipinski definition) is 1. The van der Waals surface area contributed by atoms with Crippen LogP contribution in [0.25, 0.3) is 11.1 Å². The lowest BCUT2D eigenvalue weighted by atomic mass is 9.92. The van der Waals surface area contributed by atoms with E-state index in [0.29, 0.717) is 55.7 Å². The minimum absolute atomic E-state index is 0.0306. The molecule has 9 nitrogen and oxygen atoms in total. The fraction of sp³-hybridized carbons (Fsp3) is 0.696. The van der Waals surface area contributed by atoms with Crippen LogP contribution in [0.3, 0.4) is 0 Å². The van der Waals surface area contributed by atoms with Gasteiger partial charge in [-0.25, -0.2) is 4.98 Å². The van der Waals surface area contributed by atoms with Crippen LogP contribution in [0.1, 0.15) is 57.5 Å². The van der Waals surface area contributed by atoms with E-state index in [1.807, 2.05) is 11.8 Å². The Morgan fingerprint density at radius 2 is 2.00 bits per heavy atom. The zero-order valence-corrected chi connectivity index (χ0v) is 19.4. The molecule has 4 heterocycles. The number of aromatic nitrogens is 3. The molecule has 0 spiro atoms. The van der Waals surface area contributed by atoms with Gasteiger partial charge in [-0.2, -0.15) is 4.98 Å². The van der Waals surface area contributed by atoms with Crippen molar-refractivity contribution in [3.05, 3.63) is 11.5 Å². The number of piperidine rings is 1. The maximum atomic E-state index is 12.3. The first-order valence-corrected chi connectivity index (χ1v) is 11.8. The van der Waals surface area contributed by atoms with Gasteiger partial charge in [0.2, 0.25) is 11.8 Å². The van der Waals surface area contributed by atoms with Gasteiger partial charge in [-0.3, -0.25) is 9.59 Å². The summed E-state index contributed by atoms with van der Waals surface area (Å²) in [6.45, 7) is 10.5. The van der Waals surface area contributed by atoms with Crippen molar-refractivity contribution in [1.29, 1.82) is 0 Å². The summed E-state index contributed by atoms with van der Waals surface area (Å²) in [6, 6.07) is 0. The molecule has 2 aliphatic rings. The molecule has 4 rings (SSSR count). The van der Waals surface area contributed by atoms with Gasteiger partial charge >= 0.3 is 0 Å². The normalized spacial score (nSPS) is 21.5. The van der Waals surface area contributed by atoms with Gasteiger partial charge in [0.05, 0.1) is 5.69 Å². The van der Waals surface area contributed by atoms with E-state index in [4.69, 9.17) is 9.51 Å². The molecule has 0 aliphatic carbocycles. The van der Waals surface area contributed by atoms with Crippen molar-refractivity contribution in [3.8, 4) is 0 Å². The summed E-state index contributed by atoms with van der Waals surface area (Å²) in [5, 5.41) is 7.92. The Morgan fingerprint density at radius 3 is 2.72 bits per heavy atom. The lowest BCUT2D eigenvalue weighted by Gasteiger charge is -2.36. The van der Waals surface area contributed by atoms with Crippen LogP contribution in [0.5, 0.6) is 0 Å². The Bertz CT molecular complexity index is 964. The summed E-state index contributed by atoms with van der Waals surface area (Å²) in [5.74, 6) is 2.85. The molecule has 0 radical (unpaired) electrons. The van der Waals surface area contributed by atoms with E-state index in [0.717, 1.165) is 49.4 Å². The highest BCUT2D eigenvalue weighted by Gasteiger charge is 2.27. The fourth-order valence-electron chi connectivity index (χ4n) is 4.94. The molecular formula is C23H34N6O3. The third kappa shape index (κ3) is 5.19. The Balaban J connectivity index is 1.35. The number of carbonyl (C=O) groups excluding carboxylic acids is 2. The quantitative estimate of drug-likeness (QED) is 0.626. The predicted molar refractivity (Wildman–Crippen MR) is 121 cm³/mol. The van der Waals surface area contributed by atoms with E-state index in [9.17, 15) is 9.59 Å². The highest BCUT2D eigenvalue weighted by atomic mass is 16.5. The van der Waals surface area contributed by atoms with Crippen molar-refractivity contribution < 1.29 is 14.1 Å². The average Bonchev–Trinajstić information content (AvgIpc) is 3.33. The number of rotatable bonds is 8. The number of fused-ring (bicyclic) bond motifs is 1. The maximum absolute atomic E-state index is 12.3. The molecule has 2 saturated heterocycles. The first kappa shape index (κ1) is 22.5. The number of aryl methyl sites for hydroxylation is 2. The Kier molecular flexibility index (Phi) is 6.91. The summed E-state index contributed by atoms with van der Waals surface area (Å²) in [6.07, 6.45) is 4.33. The Hall–Kier alpha value is -2.71. The summed E-state index contributed by atoms with van der Waals surface area (Å²) >= 11 is 0. The summed E-state index contributed by atoms with van der Waals surface area (Å²) in [5.41, 5.74) is 1.28. The average molecular weight is 443 g/mol. The highest BCUT2D eigenvalue weighted by molar-refractivity contribution is 5.88. The Labute approximate surface area is 188 Å². The fourth-order valence-corrected chi connectivity index (χ4v) is 4.94. The number of nitrogens with zero attached hydrogens (tertiary/aromatic N) is 5. The predicted octanol–water partition coefficient (Wildman–Crippen LogP) is 2.47. The monoisotopic (exact) mass is 442 g/mol. The van der Waals surface area contributed by atoms with Gasteiger partial charge in [0.15, 0.2) is 0 Å². The number of hydrogen-bond acceptors (Lipinski definition) is 7. The second-order valence-electron chi connectivity index (χ2n) is 9.45. The van der Waals surface area contributed by atoms with Crippen LogP contribution in [0.4, 0.5) is 5.82 Å². The van der Waals surface area contributed by atoms with Gasteiger partial charge in [0.1, 0.15) is 17.0 Å². The zero-order chi connectivity index (χ0) is 22.7. The molecule has 2 aromatic rings. The maximum Gasteiger partial charge on any atom is 0.263 e. The minimum Gasteiger partial charge on any atom is -0.356 e. The van der Waals surface area contributed by atoms with Crippen LogP contribution >= 0.6 is 0 Å². The molecule has 2 unspecified atom stereocenters. The van der Waals surface area contributed by atoms with E-state index in [2.05, 4.69) is 34.2 Å². The molecule has 2 fully saturated rings.